The summed E-state index contributed by atoms with van der Waals surface area (Å²) in [6, 6.07) is 16.1. The van der Waals surface area contributed by atoms with Crippen LogP contribution in [0.5, 0.6) is 0 Å². The van der Waals surface area contributed by atoms with Crippen LogP contribution in [0.15, 0.2) is 65.7 Å². The Kier molecular flexibility index (Phi) is 6.36. The standard InChI is InChI=1S/C31H37N3O2/c1-22-16-27(35)28(29(36)34-21-31(4)18-25(34)17-30(2,3)20-31)26(11-10-23-8-6-5-7-9-23)33(22)19-24-12-14-32-15-13-24/h5-9,12-16,25H,10-11,17-21H2,1-4H3/t25-,31+/m1/s1. The fraction of sp³-hybridized carbons (Fsp3) is 0.452. The highest BCUT2D eigenvalue weighted by Crippen LogP contribution is 2.52. The number of aromatic nitrogens is 2. The molecule has 5 rings (SSSR count). The molecule has 2 fully saturated rings. The van der Waals surface area contributed by atoms with Crippen molar-refractivity contribution >= 4 is 5.91 Å². The lowest BCUT2D eigenvalue weighted by Gasteiger charge is -2.39. The van der Waals surface area contributed by atoms with Gasteiger partial charge in [-0.2, -0.15) is 0 Å². The quantitative estimate of drug-likeness (QED) is 0.470. The Morgan fingerprint density at radius 3 is 2.44 bits per heavy atom. The first-order valence-corrected chi connectivity index (χ1v) is 13.1. The summed E-state index contributed by atoms with van der Waals surface area (Å²) in [5.74, 6) is -0.0852. The zero-order chi connectivity index (χ0) is 25.5. The molecule has 2 aromatic heterocycles. The Bertz CT molecular complexity index is 1310. The van der Waals surface area contributed by atoms with Crippen molar-refractivity contribution in [3.05, 3.63) is 99.2 Å². The normalized spacial score (nSPS) is 22.6. The number of carbonyl (C=O) groups is 1. The minimum Gasteiger partial charge on any atom is -0.343 e. The van der Waals surface area contributed by atoms with Gasteiger partial charge in [-0.3, -0.25) is 14.6 Å². The van der Waals surface area contributed by atoms with Gasteiger partial charge in [0.1, 0.15) is 5.56 Å². The van der Waals surface area contributed by atoms with Crippen LogP contribution in [-0.2, 0) is 19.4 Å². The number of amides is 1. The third kappa shape index (κ3) is 4.88. The summed E-state index contributed by atoms with van der Waals surface area (Å²) in [6.45, 7) is 10.2. The van der Waals surface area contributed by atoms with Gasteiger partial charge in [0.15, 0.2) is 5.43 Å². The number of benzene rings is 1. The van der Waals surface area contributed by atoms with E-state index >= 15 is 0 Å². The molecule has 1 amide bonds. The Labute approximate surface area is 214 Å². The van der Waals surface area contributed by atoms with Gasteiger partial charge in [-0.25, -0.2) is 0 Å². The number of nitrogens with zero attached hydrogens (tertiary/aromatic N) is 3. The topological polar surface area (TPSA) is 55.2 Å². The number of hydrogen-bond acceptors (Lipinski definition) is 3. The van der Waals surface area contributed by atoms with E-state index in [9.17, 15) is 9.59 Å². The Morgan fingerprint density at radius 1 is 1.00 bits per heavy atom. The molecule has 3 heterocycles. The maximum Gasteiger partial charge on any atom is 0.259 e. The summed E-state index contributed by atoms with van der Waals surface area (Å²) in [7, 11) is 0. The number of hydrogen-bond donors (Lipinski definition) is 0. The molecule has 3 aromatic rings. The number of pyridine rings is 2. The minimum absolute atomic E-state index is 0.0852. The number of likely N-dealkylation sites (tertiary alicyclic amines) is 1. The third-order valence-corrected chi connectivity index (χ3v) is 8.10. The van der Waals surface area contributed by atoms with E-state index in [1.54, 1.807) is 18.5 Å². The molecule has 0 N–H and O–H groups in total. The Balaban J connectivity index is 1.57. The molecule has 1 saturated heterocycles. The monoisotopic (exact) mass is 483 g/mol. The van der Waals surface area contributed by atoms with Crippen LogP contribution >= 0.6 is 0 Å². The summed E-state index contributed by atoms with van der Waals surface area (Å²) in [4.78, 5) is 33.9. The lowest BCUT2D eigenvalue weighted by Crippen LogP contribution is -2.41. The van der Waals surface area contributed by atoms with Crippen molar-refractivity contribution in [3.8, 4) is 0 Å². The van der Waals surface area contributed by atoms with Gasteiger partial charge < -0.3 is 9.47 Å². The van der Waals surface area contributed by atoms with Gasteiger partial charge in [0.25, 0.3) is 5.91 Å². The van der Waals surface area contributed by atoms with Crippen LogP contribution in [0, 0.1) is 17.8 Å². The smallest absolute Gasteiger partial charge is 0.259 e. The van der Waals surface area contributed by atoms with Crippen LogP contribution < -0.4 is 5.43 Å². The van der Waals surface area contributed by atoms with Gasteiger partial charge in [-0.05, 0) is 73.1 Å². The molecule has 36 heavy (non-hydrogen) atoms. The largest absolute Gasteiger partial charge is 0.343 e. The first-order chi connectivity index (χ1) is 17.1. The van der Waals surface area contributed by atoms with Gasteiger partial charge in [0, 0.05) is 49.0 Å². The van der Waals surface area contributed by atoms with Gasteiger partial charge in [0.2, 0.25) is 0 Å². The van der Waals surface area contributed by atoms with Crippen molar-refractivity contribution in [2.45, 2.75) is 72.4 Å². The van der Waals surface area contributed by atoms with Crippen molar-refractivity contribution in [2.24, 2.45) is 10.8 Å². The first kappa shape index (κ1) is 24.5. The van der Waals surface area contributed by atoms with Crippen molar-refractivity contribution in [2.75, 3.05) is 6.54 Å². The molecule has 2 aliphatic rings. The van der Waals surface area contributed by atoms with Crippen LogP contribution in [-0.4, -0.2) is 32.9 Å². The molecule has 5 heteroatoms. The number of fused-ring (bicyclic) bond motifs is 2. The number of carbonyl (C=O) groups excluding carboxylic acids is 1. The van der Waals surface area contributed by atoms with Crippen LogP contribution in [0.3, 0.4) is 0 Å². The lowest BCUT2D eigenvalue weighted by atomic mass is 9.65. The van der Waals surface area contributed by atoms with Crippen molar-refractivity contribution in [1.29, 1.82) is 0 Å². The van der Waals surface area contributed by atoms with Crippen molar-refractivity contribution in [1.82, 2.24) is 14.5 Å². The maximum absolute atomic E-state index is 14.2. The molecule has 1 aromatic carbocycles. The second-order valence-electron chi connectivity index (χ2n) is 12.0. The second kappa shape index (κ2) is 9.34. The van der Waals surface area contributed by atoms with E-state index in [1.165, 1.54) is 5.56 Å². The van der Waals surface area contributed by atoms with E-state index in [-0.39, 0.29) is 28.2 Å². The molecule has 0 unspecified atom stereocenters. The minimum atomic E-state index is -0.155. The molecule has 2 bridgehead atoms. The summed E-state index contributed by atoms with van der Waals surface area (Å²) in [5, 5.41) is 0. The maximum atomic E-state index is 14.2. The van der Waals surface area contributed by atoms with E-state index in [0.717, 1.165) is 49.2 Å². The number of aryl methyl sites for hydroxylation is 2. The number of rotatable bonds is 6. The predicted octanol–water partition coefficient (Wildman–Crippen LogP) is 5.43. The van der Waals surface area contributed by atoms with Gasteiger partial charge >= 0.3 is 0 Å². The third-order valence-electron chi connectivity index (χ3n) is 8.10. The molecule has 0 spiro atoms. The van der Waals surface area contributed by atoms with E-state index in [4.69, 9.17) is 0 Å². The Morgan fingerprint density at radius 2 is 1.72 bits per heavy atom. The average Bonchev–Trinajstić information content (AvgIpc) is 3.09. The van der Waals surface area contributed by atoms with Crippen molar-refractivity contribution in [3.63, 3.8) is 0 Å². The van der Waals surface area contributed by atoms with E-state index in [2.05, 4.69) is 42.5 Å². The molecule has 5 nitrogen and oxygen atoms in total. The highest BCUT2D eigenvalue weighted by molar-refractivity contribution is 5.96. The average molecular weight is 484 g/mol. The first-order valence-electron chi connectivity index (χ1n) is 13.1. The van der Waals surface area contributed by atoms with Crippen LogP contribution in [0.25, 0.3) is 0 Å². The summed E-state index contributed by atoms with van der Waals surface area (Å²) < 4.78 is 2.17. The molecule has 1 aliphatic carbocycles. The summed E-state index contributed by atoms with van der Waals surface area (Å²) >= 11 is 0. The molecule has 0 radical (unpaired) electrons. The van der Waals surface area contributed by atoms with E-state index < -0.39 is 0 Å². The molecule has 1 saturated carbocycles. The molecule has 1 aliphatic heterocycles. The highest BCUT2D eigenvalue weighted by Gasteiger charge is 2.51. The fourth-order valence-corrected chi connectivity index (χ4v) is 6.96. The van der Waals surface area contributed by atoms with E-state index in [1.807, 2.05) is 42.2 Å². The van der Waals surface area contributed by atoms with Gasteiger partial charge in [-0.1, -0.05) is 51.1 Å². The molecule has 188 valence electrons. The fourth-order valence-electron chi connectivity index (χ4n) is 6.96. The second-order valence-corrected chi connectivity index (χ2v) is 12.0. The van der Waals surface area contributed by atoms with Gasteiger partial charge in [-0.15, -0.1) is 0 Å². The molecular formula is C31H37N3O2. The lowest BCUT2D eigenvalue weighted by molar-refractivity contribution is 0.0704. The zero-order valence-electron chi connectivity index (χ0n) is 22.0. The van der Waals surface area contributed by atoms with E-state index in [0.29, 0.717) is 18.5 Å². The predicted molar refractivity (Wildman–Crippen MR) is 143 cm³/mol. The van der Waals surface area contributed by atoms with Crippen LogP contribution in [0.4, 0.5) is 0 Å². The van der Waals surface area contributed by atoms with Crippen LogP contribution in [0.2, 0.25) is 0 Å². The highest BCUT2D eigenvalue weighted by atomic mass is 16.2. The molecular weight excluding hydrogens is 446 g/mol. The van der Waals surface area contributed by atoms with Crippen LogP contribution in [0.1, 0.15) is 72.9 Å². The zero-order valence-corrected chi connectivity index (χ0v) is 22.0. The SMILES string of the molecule is Cc1cc(=O)c(C(=O)N2C[C@@]3(C)C[C@H]2CC(C)(C)C3)c(CCc2ccccc2)n1Cc1ccncc1. The van der Waals surface area contributed by atoms with Crippen molar-refractivity contribution < 1.29 is 4.79 Å². The summed E-state index contributed by atoms with van der Waals surface area (Å²) in [5.41, 5.74) is 4.55. The summed E-state index contributed by atoms with van der Waals surface area (Å²) in [6.07, 6.45) is 8.11. The van der Waals surface area contributed by atoms with Gasteiger partial charge in [0.05, 0.1) is 0 Å². The molecule has 2 atom stereocenters. The Hall–Kier alpha value is -3.21.